The molecule has 7 heteroatoms. The first-order valence-corrected chi connectivity index (χ1v) is 9.71. The van der Waals surface area contributed by atoms with Crippen LogP contribution in [0.25, 0.3) is 11.5 Å². The van der Waals surface area contributed by atoms with Crippen LogP contribution in [0.1, 0.15) is 35.5 Å². The Morgan fingerprint density at radius 1 is 1.14 bits per heavy atom. The van der Waals surface area contributed by atoms with Gasteiger partial charge >= 0.3 is 5.97 Å². The average molecular weight is 384 g/mol. The van der Waals surface area contributed by atoms with Crippen LogP contribution in [-0.4, -0.2) is 52.7 Å². The van der Waals surface area contributed by atoms with Crippen LogP contribution in [0.15, 0.2) is 34.7 Å². The summed E-state index contributed by atoms with van der Waals surface area (Å²) in [5.74, 6) is -0.225. The number of benzene rings is 1. The molecule has 0 saturated carbocycles. The molecule has 1 amide bonds. The fourth-order valence-electron chi connectivity index (χ4n) is 4.22. The summed E-state index contributed by atoms with van der Waals surface area (Å²) in [5.41, 5.74) is 1.18. The van der Waals surface area contributed by atoms with Crippen LogP contribution in [-0.2, 0) is 9.53 Å². The molecule has 1 aromatic heterocycles. The van der Waals surface area contributed by atoms with Crippen molar-refractivity contribution in [2.24, 2.45) is 11.8 Å². The third-order valence-corrected chi connectivity index (χ3v) is 5.76. The molecule has 148 valence electrons. The molecule has 2 aliphatic heterocycles. The fraction of sp³-hybridized carbons (Fsp3) is 0.476. The number of oxazole rings is 1. The van der Waals surface area contributed by atoms with Crippen molar-refractivity contribution in [2.75, 3.05) is 19.7 Å². The SMILES string of the molecule is Cc1oc(-c2ccccc2)nc1C(=O)N1CCC([C@@H]2OCCC2C(=O)O)CC1. The summed E-state index contributed by atoms with van der Waals surface area (Å²) < 4.78 is 11.4. The molecule has 2 atom stereocenters. The van der Waals surface area contributed by atoms with Crippen LogP contribution in [0, 0.1) is 18.8 Å². The van der Waals surface area contributed by atoms with E-state index in [1.165, 1.54) is 0 Å². The molecule has 1 aromatic carbocycles. The minimum Gasteiger partial charge on any atom is -0.481 e. The van der Waals surface area contributed by atoms with Crippen molar-refractivity contribution < 1.29 is 23.8 Å². The van der Waals surface area contributed by atoms with Gasteiger partial charge in [-0.1, -0.05) is 18.2 Å². The molecular weight excluding hydrogens is 360 g/mol. The summed E-state index contributed by atoms with van der Waals surface area (Å²) in [7, 11) is 0. The van der Waals surface area contributed by atoms with E-state index in [4.69, 9.17) is 9.15 Å². The molecule has 28 heavy (non-hydrogen) atoms. The number of carbonyl (C=O) groups excluding carboxylic acids is 1. The molecule has 3 heterocycles. The normalized spacial score (nSPS) is 23.1. The van der Waals surface area contributed by atoms with E-state index < -0.39 is 11.9 Å². The van der Waals surface area contributed by atoms with Gasteiger partial charge in [0.2, 0.25) is 5.89 Å². The number of aryl methyl sites for hydroxylation is 1. The van der Waals surface area contributed by atoms with Crippen LogP contribution >= 0.6 is 0 Å². The van der Waals surface area contributed by atoms with Gasteiger partial charge in [0.1, 0.15) is 5.76 Å². The first kappa shape index (κ1) is 18.7. The number of carbonyl (C=O) groups is 2. The summed E-state index contributed by atoms with van der Waals surface area (Å²) in [6.45, 7) is 3.40. The number of hydrogen-bond acceptors (Lipinski definition) is 5. The zero-order valence-electron chi connectivity index (χ0n) is 15.8. The van der Waals surface area contributed by atoms with Crippen molar-refractivity contribution >= 4 is 11.9 Å². The monoisotopic (exact) mass is 384 g/mol. The van der Waals surface area contributed by atoms with Gasteiger partial charge in [-0.15, -0.1) is 0 Å². The standard InChI is InChI=1S/C21H24N2O5/c1-13-17(22-19(28-13)15-5-3-2-4-6-15)20(24)23-10-7-14(8-11-23)18-16(21(25)26)9-12-27-18/h2-6,14,16,18H,7-12H2,1H3,(H,25,26)/t16?,18-/m0/s1. The Balaban J connectivity index is 1.42. The van der Waals surface area contributed by atoms with Gasteiger partial charge in [0.25, 0.3) is 5.91 Å². The van der Waals surface area contributed by atoms with Crippen LogP contribution in [0.4, 0.5) is 0 Å². The average Bonchev–Trinajstić information content (AvgIpc) is 3.35. The molecule has 2 aliphatic rings. The van der Waals surface area contributed by atoms with Crippen molar-refractivity contribution in [1.82, 2.24) is 9.88 Å². The van der Waals surface area contributed by atoms with Crippen LogP contribution in [0.3, 0.4) is 0 Å². The highest BCUT2D eigenvalue weighted by atomic mass is 16.5. The van der Waals surface area contributed by atoms with E-state index in [0.717, 1.165) is 18.4 Å². The largest absolute Gasteiger partial charge is 0.481 e. The van der Waals surface area contributed by atoms with E-state index in [1.54, 1.807) is 11.8 Å². The third kappa shape index (κ3) is 3.54. The summed E-state index contributed by atoms with van der Waals surface area (Å²) in [6, 6.07) is 9.50. The van der Waals surface area contributed by atoms with Crippen molar-refractivity contribution in [3.8, 4) is 11.5 Å². The molecule has 2 saturated heterocycles. The van der Waals surface area contributed by atoms with Gasteiger partial charge in [-0.25, -0.2) is 4.98 Å². The van der Waals surface area contributed by atoms with Gasteiger partial charge in [-0.3, -0.25) is 9.59 Å². The van der Waals surface area contributed by atoms with Crippen molar-refractivity contribution in [1.29, 1.82) is 0 Å². The predicted molar refractivity (Wildman–Crippen MR) is 101 cm³/mol. The lowest BCUT2D eigenvalue weighted by atomic mass is 9.84. The molecular formula is C21H24N2O5. The van der Waals surface area contributed by atoms with Gasteiger partial charge in [0.05, 0.1) is 12.0 Å². The van der Waals surface area contributed by atoms with Gasteiger partial charge in [-0.05, 0) is 44.2 Å². The molecule has 1 N–H and O–H groups in total. The number of piperidine rings is 1. The van der Waals surface area contributed by atoms with E-state index in [9.17, 15) is 14.7 Å². The zero-order chi connectivity index (χ0) is 19.7. The first-order valence-electron chi connectivity index (χ1n) is 9.71. The van der Waals surface area contributed by atoms with Crippen LogP contribution in [0.2, 0.25) is 0 Å². The molecule has 0 aliphatic carbocycles. The van der Waals surface area contributed by atoms with E-state index in [1.807, 2.05) is 30.3 Å². The number of likely N-dealkylation sites (tertiary alicyclic amines) is 1. The lowest BCUT2D eigenvalue weighted by molar-refractivity contribution is -0.145. The molecule has 0 bridgehead atoms. The van der Waals surface area contributed by atoms with E-state index >= 15 is 0 Å². The van der Waals surface area contributed by atoms with E-state index in [2.05, 4.69) is 4.98 Å². The lowest BCUT2D eigenvalue weighted by Gasteiger charge is -2.35. The highest BCUT2D eigenvalue weighted by Gasteiger charge is 2.41. The molecule has 4 rings (SSSR count). The van der Waals surface area contributed by atoms with Gasteiger partial charge in [0.15, 0.2) is 5.69 Å². The molecule has 2 fully saturated rings. The molecule has 1 unspecified atom stereocenters. The van der Waals surface area contributed by atoms with E-state index in [-0.39, 0.29) is 17.9 Å². The smallest absolute Gasteiger partial charge is 0.309 e. The maximum Gasteiger partial charge on any atom is 0.309 e. The molecule has 0 spiro atoms. The maximum absolute atomic E-state index is 12.9. The van der Waals surface area contributed by atoms with Gasteiger partial charge in [-0.2, -0.15) is 0 Å². The second-order valence-corrected chi connectivity index (χ2v) is 7.49. The van der Waals surface area contributed by atoms with Gasteiger partial charge < -0.3 is 19.2 Å². The summed E-state index contributed by atoms with van der Waals surface area (Å²) in [5, 5.41) is 9.37. The Labute approximate surface area is 163 Å². The first-order chi connectivity index (χ1) is 13.5. The second-order valence-electron chi connectivity index (χ2n) is 7.49. The fourth-order valence-corrected chi connectivity index (χ4v) is 4.22. The maximum atomic E-state index is 12.9. The molecule has 7 nitrogen and oxygen atoms in total. The number of ether oxygens (including phenoxy) is 1. The Kier molecular flexibility index (Phi) is 5.17. The number of aliphatic carboxylic acids is 1. The number of rotatable bonds is 4. The highest BCUT2D eigenvalue weighted by Crippen LogP contribution is 2.34. The van der Waals surface area contributed by atoms with Crippen molar-refractivity contribution in [3.63, 3.8) is 0 Å². The number of amides is 1. The molecule has 2 aromatic rings. The summed E-state index contributed by atoms with van der Waals surface area (Å²) in [4.78, 5) is 30.6. The number of hydrogen-bond donors (Lipinski definition) is 1. The van der Waals surface area contributed by atoms with Crippen LogP contribution < -0.4 is 0 Å². The lowest BCUT2D eigenvalue weighted by Crippen LogP contribution is -2.43. The number of aromatic nitrogens is 1. The Bertz CT molecular complexity index is 855. The predicted octanol–water partition coefficient (Wildman–Crippen LogP) is 2.99. The Hall–Kier alpha value is -2.67. The Morgan fingerprint density at radius 2 is 1.86 bits per heavy atom. The quantitative estimate of drug-likeness (QED) is 0.871. The number of carboxylic acid groups (broad SMARTS) is 1. The Morgan fingerprint density at radius 3 is 2.54 bits per heavy atom. The summed E-state index contributed by atoms with van der Waals surface area (Å²) >= 11 is 0. The second kappa shape index (κ2) is 7.75. The minimum absolute atomic E-state index is 0.135. The van der Waals surface area contributed by atoms with E-state index in [0.29, 0.717) is 43.5 Å². The van der Waals surface area contributed by atoms with Crippen molar-refractivity contribution in [2.45, 2.75) is 32.3 Å². The number of carboxylic acids is 1. The zero-order valence-corrected chi connectivity index (χ0v) is 15.8. The highest BCUT2D eigenvalue weighted by molar-refractivity contribution is 5.93. The van der Waals surface area contributed by atoms with Gasteiger partial charge in [0, 0.05) is 25.3 Å². The third-order valence-electron chi connectivity index (χ3n) is 5.76. The number of nitrogens with zero attached hydrogens (tertiary/aromatic N) is 2. The molecule has 0 radical (unpaired) electrons. The minimum atomic E-state index is -0.785. The summed E-state index contributed by atoms with van der Waals surface area (Å²) in [6.07, 6.45) is 1.80. The van der Waals surface area contributed by atoms with Crippen molar-refractivity contribution in [3.05, 3.63) is 41.8 Å². The topological polar surface area (TPSA) is 92.9 Å². The van der Waals surface area contributed by atoms with Crippen LogP contribution in [0.5, 0.6) is 0 Å².